The molecule has 0 aliphatic carbocycles. The van der Waals surface area contributed by atoms with Crippen molar-refractivity contribution in [2.75, 3.05) is 72.8 Å². The van der Waals surface area contributed by atoms with Crippen molar-refractivity contribution in [1.29, 1.82) is 0 Å². The molecule has 1 aliphatic heterocycles. The molecule has 2 atom stereocenters. The van der Waals surface area contributed by atoms with Crippen LogP contribution >= 0.6 is 11.6 Å². The van der Waals surface area contributed by atoms with E-state index in [1.165, 1.54) is 20.4 Å². The summed E-state index contributed by atoms with van der Waals surface area (Å²) in [6.45, 7) is 1.17. The van der Waals surface area contributed by atoms with Crippen LogP contribution in [0.2, 0.25) is 5.02 Å². The molecule has 3 rings (SSSR count). The maximum absolute atomic E-state index is 12.5. The van der Waals surface area contributed by atoms with E-state index in [0.717, 1.165) is 6.42 Å². The van der Waals surface area contributed by atoms with Crippen LogP contribution in [0.4, 0.5) is 17.5 Å². The summed E-state index contributed by atoms with van der Waals surface area (Å²) >= 11 is 6.58. The monoisotopic (exact) mass is 548 g/mol. The van der Waals surface area contributed by atoms with Crippen LogP contribution in [0.3, 0.4) is 0 Å². The first kappa shape index (κ1) is 29.1. The Morgan fingerprint density at radius 2 is 1.55 bits per heavy atom. The van der Waals surface area contributed by atoms with Crippen LogP contribution in [0.25, 0.3) is 0 Å². The molecule has 2 heterocycles. The average molecular weight is 549 g/mol. The Morgan fingerprint density at radius 3 is 2.05 bits per heavy atom. The van der Waals surface area contributed by atoms with E-state index < -0.39 is 0 Å². The summed E-state index contributed by atoms with van der Waals surface area (Å²) in [5.41, 5.74) is 0.584. The van der Waals surface area contributed by atoms with E-state index in [-0.39, 0.29) is 23.7 Å². The number of carbonyl (C=O) groups excluding carboxylic acids is 2. The number of anilines is 3. The van der Waals surface area contributed by atoms with Crippen LogP contribution in [0, 0.1) is 11.8 Å². The first-order chi connectivity index (χ1) is 18.1. The molecule has 1 aromatic heterocycles. The van der Waals surface area contributed by atoms with E-state index in [1.54, 1.807) is 57.2 Å². The number of ether oxygens (including phenoxy) is 3. The molecule has 2 amide bonds. The van der Waals surface area contributed by atoms with Gasteiger partial charge in [0.2, 0.25) is 23.5 Å². The number of nitrogens with zero attached hydrogens (tertiary/aromatic N) is 5. The minimum Gasteiger partial charge on any atom is -0.493 e. The smallest absolute Gasteiger partial charge is 0.229 e. The summed E-state index contributed by atoms with van der Waals surface area (Å²) < 4.78 is 16.4. The second-order valence-electron chi connectivity index (χ2n) is 9.73. The zero-order valence-electron chi connectivity index (χ0n) is 23.1. The van der Waals surface area contributed by atoms with E-state index in [2.05, 4.69) is 10.3 Å². The maximum atomic E-state index is 12.5. The number of carbonyl (C=O) groups is 2. The van der Waals surface area contributed by atoms with Crippen molar-refractivity contribution >= 4 is 40.9 Å². The Balaban J connectivity index is 1.91. The zero-order valence-corrected chi connectivity index (χ0v) is 23.8. The first-order valence-corrected chi connectivity index (χ1v) is 12.7. The Hall–Kier alpha value is -3.47. The zero-order chi connectivity index (χ0) is 28.0. The summed E-state index contributed by atoms with van der Waals surface area (Å²) in [5, 5.41) is 3.56. The van der Waals surface area contributed by atoms with Gasteiger partial charge in [-0.3, -0.25) is 9.59 Å². The number of rotatable bonds is 10. The number of hydrogen-bond acceptors (Lipinski definition) is 9. The molecule has 1 aromatic carbocycles. The van der Waals surface area contributed by atoms with Crippen LogP contribution < -0.4 is 24.4 Å². The fraction of sp³-hybridized carbons (Fsp3) is 0.538. The van der Waals surface area contributed by atoms with Crippen LogP contribution in [0.15, 0.2) is 18.3 Å². The van der Waals surface area contributed by atoms with Gasteiger partial charge in [-0.15, -0.1) is 0 Å². The predicted molar refractivity (Wildman–Crippen MR) is 147 cm³/mol. The molecule has 1 N–H and O–H groups in total. The van der Waals surface area contributed by atoms with Gasteiger partial charge in [-0.05, 0) is 30.4 Å². The van der Waals surface area contributed by atoms with Gasteiger partial charge in [0, 0.05) is 54.1 Å². The van der Waals surface area contributed by atoms with Gasteiger partial charge in [0.05, 0.1) is 33.2 Å². The lowest BCUT2D eigenvalue weighted by Crippen LogP contribution is -2.44. The topological polar surface area (TPSA) is 109 Å². The van der Waals surface area contributed by atoms with Crippen molar-refractivity contribution in [3.05, 3.63) is 23.4 Å². The third-order valence-corrected chi connectivity index (χ3v) is 6.79. The van der Waals surface area contributed by atoms with Crippen molar-refractivity contribution < 1.29 is 23.8 Å². The molecule has 11 nitrogen and oxygen atoms in total. The maximum Gasteiger partial charge on any atom is 0.229 e. The van der Waals surface area contributed by atoms with Gasteiger partial charge in [-0.1, -0.05) is 11.6 Å². The molecule has 1 aliphatic rings. The van der Waals surface area contributed by atoms with Crippen LogP contribution in [0.5, 0.6) is 17.2 Å². The summed E-state index contributed by atoms with van der Waals surface area (Å²) in [6, 6.07) is 3.54. The lowest BCUT2D eigenvalue weighted by molar-refractivity contribution is -0.130. The van der Waals surface area contributed by atoms with Crippen molar-refractivity contribution in [1.82, 2.24) is 19.8 Å². The second kappa shape index (κ2) is 12.9. The quantitative estimate of drug-likeness (QED) is 0.478. The van der Waals surface area contributed by atoms with Crippen molar-refractivity contribution in [3.8, 4) is 17.2 Å². The van der Waals surface area contributed by atoms with Gasteiger partial charge in [0.25, 0.3) is 0 Å². The third kappa shape index (κ3) is 6.89. The standard InChI is InChI=1S/C26H37ClN6O5/c1-31(2)21(34)11-16-10-17(12-22(35)32(3)4)15-33(14-16)25-18(27)13-28-26(30-25)29-19-8-9-20(36-5)24(38-7)23(19)37-6/h8-9,13,16-17H,10-12,14-15H2,1-7H3,(H,28,29,30)/t16-,17+. The number of aromatic nitrogens is 2. The van der Waals surface area contributed by atoms with Crippen LogP contribution in [-0.2, 0) is 9.59 Å². The highest BCUT2D eigenvalue weighted by atomic mass is 35.5. The van der Waals surface area contributed by atoms with Gasteiger partial charge in [0.15, 0.2) is 17.3 Å². The molecule has 2 aromatic rings. The molecular formula is C26H37ClN6O5. The number of benzene rings is 1. The minimum atomic E-state index is 0.0474. The number of amides is 2. The van der Waals surface area contributed by atoms with Crippen molar-refractivity contribution in [2.45, 2.75) is 19.3 Å². The normalized spacial score (nSPS) is 17.0. The molecule has 1 fully saturated rings. The molecule has 38 heavy (non-hydrogen) atoms. The largest absolute Gasteiger partial charge is 0.493 e. The summed E-state index contributed by atoms with van der Waals surface area (Å²) in [5.74, 6) is 2.44. The fourth-order valence-corrected chi connectivity index (χ4v) is 4.82. The highest BCUT2D eigenvalue weighted by Crippen LogP contribution is 2.43. The highest BCUT2D eigenvalue weighted by molar-refractivity contribution is 6.32. The van der Waals surface area contributed by atoms with Gasteiger partial charge in [0.1, 0.15) is 5.02 Å². The molecule has 0 radical (unpaired) electrons. The number of hydrogen-bond donors (Lipinski definition) is 1. The molecule has 12 heteroatoms. The number of methoxy groups -OCH3 is 3. The summed E-state index contributed by atoms with van der Waals surface area (Å²) in [4.78, 5) is 39.3. The number of halogens is 1. The van der Waals surface area contributed by atoms with Gasteiger partial charge in [-0.2, -0.15) is 4.98 Å². The summed E-state index contributed by atoms with van der Waals surface area (Å²) in [7, 11) is 11.6. The molecular weight excluding hydrogens is 512 g/mol. The van der Waals surface area contributed by atoms with Crippen molar-refractivity contribution in [2.24, 2.45) is 11.8 Å². The SMILES string of the molecule is COc1ccc(Nc2ncc(Cl)c(N3C[C@H](CC(=O)N(C)C)C[C@H](CC(=O)N(C)C)C3)n2)c(OC)c1OC. The molecule has 0 bridgehead atoms. The lowest BCUT2D eigenvalue weighted by atomic mass is 9.84. The Kier molecular flexibility index (Phi) is 9.84. The Bertz CT molecular complexity index is 1120. The number of piperidine rings is 1. The van der Waals surface area contributed by atoms with E-state index in [4.69, 9.17) is 30.8 Å². The van der Waals surface area contributed by atoms with E-state index in [9.17, 15) is 9.59 Å². The second-order valence-corrected chi connectivity index (χ2v) is 10.1. The van der Waals surface area contributed by atoms with Gasteiger partial charge >= 0.3 is 0 Å². The Morgan fingerprint density at radius 1 is 0.974 bits per heavy atom. The summed E-state index contributed by atoms with van der Waals surface area (Å²) in [6.07, 6.45) is 3.07. The predicted octanol–water partition coefficient (Wildman–Crippen LogP) is 3.30. The van der Waals surface area contributed by atoms with Crippen molar-refractivity contribution in [3.63, 3.8) is 0 Å². The number of nitrogens with one attached hydrogen (secondary N) is 1. The van der Waals surface area contributed by atoms with Crippen LogP contribution in [-0.4, -0.2) is 94.2 Å². The molecule has 0 spiro atoms. The highest BCUT2D eigenvalue weighted by Gasteiger charge is 2.32. The molecule has 1 saturated heterocycles. The minimum absolute atomic E-state index is 0.0474. The molecule has 0 unspecified atom stereocenters. The molecule has 208 valence electrons. The fourth-order valence-electron chi connectivity index (χ4n) is 4.61. The van der Waals surface area contributed by atoms with E-state index in [0.29, 0.717) is 65.7 Å². The van der Waals surface area contributed by atoms with Gasteiger partial charge < -0.3 is 34.2 Å². The van der Waals surface area contributed by atoms with Gasteiger partial charge in [-0.25, -0.2) is 4.98 Å². The Labute approximate surface area is 229 Å². The average Bonchev–Trinajstić information content (AvgIpc) is 2.88. The van der Waals surface area contributed by atoms with Crippen LogP contribution in [0.1, 0.15) is 19.3 Å². The third-order valence-electron chi connectivity index (χ3n) is 6.52. The first-order valence-electron chi connectivity index (χ1n) is 12.3. The molecule has 0 saturated carbocycles. The van der Waals surface area contributed by atoms with E-state index >= 15 is 0 Å². The lowest BCUT2D eigenvalue weighted by Gasteiger charge is -2.39. The van der Waals surface area contributed by atoms with E-state index in [1.807, 2.05) is 4.90 Å².